The lowest BCUT2D eigenvalue weighted by atomic mass is 10.2. The van der Waals surface area contributed by atoms with Gasteiger partial charge < -0.3 is 16.0 Å². The van der Waals surface area contributed by atoms with Crippen molar-refractivity contribution in [3.63, 3.8) is 0 Å². The molecule has 3 N–H and O–H groups in total. The number of rotatable bonds is 5. The largest absolute Gasteiger partial charge is 0.352 e. The Balaban J connectivity index is 1.57. The molecule has 0 bridgehead atoms. The van der Waals surface area contributed by atoms with Crippen LogP contribution in [0.15, 0.2) is 0 Å². The number of hydrogen-bond donors (Lipinski definition) is 3. The molecule has 1 atom stereocenters. The first kappa shape index (κ1) is 12.7. The summed E-state index contributed by atoms with van der Waals surface area (Å²) < 4.78 is 0. The minimum Gasteiger partial charge on any atom is -0.352 e. The zero-order valence-corrected chi connectivity index (χ0v) is 10.6. The molecule has 6 heteroatoms. The van der Waals surface area contributed by atoms with Crippen molar-refractivity contribution in [1.82, 2.24) is 16.0 Å². The van der Waals surface area contributed by atoms with Gasteiger partial charge in [0, 0.05) is 36.6 Å². The van der Waals surface area contributed by atoms with Gasteiger partial charge in [0.05, 0.1) is 6.54 Å². The maximum atomic E-state index is 11.6. The summed E-state index contributed by atoms with van der Waals surface area (Å²) in [7, 11) is 0. The minimum atomic E-state index is -0.0770. The average molecular weight is 257 g/mol. The second kappa shape index (κ2) is 6.26. The molecule has 2 rings (SSSR count). The number of carbonyl (C=O) groups excluding carboxylic acids is 2. The van der Waals surface area contributed by atoms with Crippen LogP contribution in [-0.2, 0) is 9.59 Å². The van der Waals surface area contributed by atoms with Crippen molar-refractivity contribution in [1.29, 1.82) is 0 Å². The number of thioether (sulfide) groups is 1. The zero-order chi connectivity index (χ0) is 12.1. The topological polar surface area (TPSA) is 70.2 Å². The third-order valence-corrected chi connectivity index (χ3v) is 3.95. The highest BCUT2D eigenvalue weighted by Crippen LogP contribution is 2.18. The molecule has 2 amide bonds. The van der Waals surface area contributed by atoms with Crippen LogP contribution in [0.3, 0.4) is 0 Å². The second-order valence-corrected chi connectivity index (χ2v) is 5.70. The molecule has 1 heterocycles. The van der Waals surface area contributed by atoms with Gasteiger partial charge in [-0.15, -0.1) is 0 Å². The van der Waals surface area contributed by atoms with E-state index in [2.05, 4.69) is 16.0 Å². The van der Waals surface area contributed by atoms with Gasteiger partial charge >= 0.3 is 0 Å². The Hall–Kier alpha value is -0.750. The zero-order valence-electron chi connectivity index (χ0n) is 9.83. The predicted molar refractivity (Wildman–Crippen MR) is 67.9 cm³/mol. The van der Waals surface area contributed by atoms with Crippen molar-refractivity contribution in [2.75, 3.05) is 24.6 Å². The first-order chi connectivity index (χ1) is 8.24. The lowest BCUT2D eigenvalue weighted by molar-refractivity contribution is -0.126. The SMILES string of the molecule is O=C(CC1CSCCN1)NCC(=O)NC1CC1. The Bertz CT molecular complexity index is 288. The molecule has 1 saturated heterocycles. The molecule has 1 aliphatic carbocycles. The third-order valence-electron chi connectivity index (χ3n) is 2.82. The fourth-order valence-electron chi connectivity index (χ4n) is 1.73. The molecule has 5 nitrogen and oxygen atoms in total. The fourth-order valence-corrected chi connectivity index (χ4v) is 2.68. The summed E-state index contributed by atoms with van der Waals surface area (Å²) in [5.74, 6) is 1.96. The molecule has 96 valence electrons. The number of nitrogens with one attached hydrogen (secondary N) is 3. The van der Waals surface area contributed by atoms with E-state index in [0.717, 1.165) is 30.9 Å². The first-order valence-electron chi connectivity index (χ1n) is 6.11. The monoisotopic (exact) mass is 257 g/mol. The number of amides is 2. The Morgan fingerprint density at radius 3 is 2.76 bits per heavy atom. The van der Waals surface area contributed by atoms with Gasteiger partial charge in [-0.3, -0.25) is 9.59 Å². The van der Waals surface area contributed by atoms with E-state index in [9.17, 15) is 9.59 Å². The molecule has 17 heavy (non-hydrogen) atoms. The van der Waals surface area contributed by atoms with E-state index < -0.39 is 0 Å². The van der Waals surface area contributed by atoms with Crippen LogP contribution in [0.25, 0.3) is 0 Å². The van der Waals surface area contributed by atoms with Gasteiger partial charge in [0.15, 0.2) is 0 Å². The highest BCUT2D eigenvalue weighted by molar-refractivity contribution is 7.99. The van der Waals surface area contributed by atoms with Crippen LogP contribution >= 0.6 is 11.8 Å². The van der Waals surface area contributed by atoms with Crippen LogP contribution in [0.2, 0.25) is 0 Å². The van der Waals surface area contributed by atoms with Gasteiger partial charge in [0.1, 0.15) is 0 Å². The van der Waals surface area contributed by atoms with Crippen molar-refractivity contribution in [2.24, 2.45) is 0 Å². The van der Waals surface area contributed by atoms with Crippen molar-refractivity contribution in [3.05, 3.63) is 0 Å². The Kier molecular flexibility index (Phi) is 4.67. The summed E-state index contributed by atoms with van der Waals surface area (Å²) in [6, 6.07) is 0.607. The van der Waals surface area contributed by atoms with Crippen molar-refractivity contribution >= 4 is 23.6 Å². The lowest BCUT2D eigenvalue weighted by Crippen LogP contribution is -2.43. The summed E-state index contributed by atoms with van der Waals surface area (Å²) in [6.45, 7) is 1.07. The molecule has 1 saturated carbocycles. The summed E-state index contributed by atoms with van der Waals surface area (Å²) in [6.07, 6.45) is 2.61. The maximum absolute atomic E-state index is 11.6. The molecule has 0 aromatic carbocycles. The van der Waals surface area contributed by atoms with E-state index in [1.165, 1.54) is 0 Å². The maximum Gasteiger partial charge on any atom is 0.239 e. The van der Waals surface area contributed by atoms with Crippen LogP contribution in [-0.4, -0.2) is 48.5 Å². The molecular formula is C11H19N3O2S. The van der Waals surface area contributed by atoms with Gasteiger partial charge in [-0.25, -0.2) is 0 Å². The van der Waals surface area contributed by atoms with E-state index in [0.29, 0.717) is 12.5 Å². The highest BCUT2D eigenvalue weighted by Gasteiger charge is 2.23. The molecule has 0 aromatic rings. The first-order valence-corrected chi connectivity index (χ1v) is 7.26. The standard InChI is InChI=1S/C11H19N3O2S/c15-10(5-9-7-17-4-3-12-9)13-6-11(16)14-8-1-2-8/h8-9,12H,1-7H2,(H,13,15)(H,14,16). The van der Waals surface area contributed by atoms with Crippen molar-refractivity contribution < 1.29 is 9.59 Å². The number of carbonyl (C=O) groups is 2. The summed E-state index contributed by atoms with van der Waals surface area (Å²) >= 11 is 1.86. The van der Waals surface area contributed by atoms with Gasteiger partial charge in [-0.1, -0.05) is 0 Å². The predicted octanol–water partition coefficient (Wildman–Crippen LogP) is -0.524. The van der Waals surface area contributed by atoms with Crippen LogP contribution in [0.5, 0.6) is 0 Å². The molecule has 1 unspecified atom stereocenters. The highest BCUT2D eigenvalue weighted by atomic mass is 32.2. The van der Waals surface area contributed by atoms with E-state index in [4.69, 9.17) is 0 Å². The van der Waals surface area contributed by atoms with E-state index >= 15 is 0 Å². The molecular weight excluding hydrogens is 238 g/mol. The van der Waals surface area contributed by atoms with Crippen molar-refractivity contribution in [3.8, 4) is 0 Å². The number of hydrogen-bond acceptors (Lipinski definition) is 4. The van der Waals surface area contributed by atoms with Gasteiger partial charge in [0.25, 0.3) is 0 Å². The van der Waals surface area contributed by atoms with E-state index in [1.54, 1.807) is 0 Å². The Labute approximate surface area is 105 Å². The smallest absolute Gasteiger partial charge is 0.239 e. The second-order valence-electron chi connectivity index (χ2n) is 4.55. The molecule has 2 fully saturated rings. The molecule has 0 aromatic heterocycles. The molecule has 2 aliphatic rings. The summed E-state index contributed by atoms with van der Waals surface area (Å²) in [5.41, 5.74) is 0. The van der Waals surface area contributed by atoms with Crippen LogP contribution in [0.4, 0.5) is 0 Å². The average Bonchev–Trinajstić information content (AvgIpc) is 3.12. The van der Waals surface area contributed by atoms with Gasteiger partial charge in [-0.2, -0.15) is 11.8 Å². The quantitative estimate of drug-likeness (QED) is 0.619. The summed E-state index contributed by atoms with van der Waals surface area (Å²) in [5, 5.41) is 8.80. The minimum absolute atomic E-state index is 0.0454. The van der Waals surface area contributed by atoms with Crippen LogP contribution in [0.1, 0.15) is 19.3 Å². The van der Waals surface area contributed by atoms with E-state index in [-0.39, 0.29) is 24.4 Å². The van der Waals surface area contributed by atoms with Gasteiger partial charge in [-0.05, 0) is 12.8 Å². The van der Waals surface area contributed by atoms with Crippen LogP contribution < -0.4 is 16.0 Å². The fraction of sp³-hybridized carbons (Fsp3) is 0.818. The van der Waals surface area contributed by atoms with Gasteiger partial charge in [0.2, 0.25) is 11.8 Å². The van der Waals surface area contributed by atoms with E-state index in [1.807, 2.05) is 11.8 Å². The Morgan fingerprint density at radius 1 is 1.29 bits per heavy atom. The third kappa shape index (κ3) is 4.95. The van der Waals surface area contributed by atoms with Crippen LogP contribution in [0, 0.1) is 0 Å². The lowest BCUT2D eigenvalue weighted by Gasteiger charge is -2.22. The molecule has 1 aliphatic heterocycles. The Morgan fingerprint density at radius 2 is 2.12 bits per heavy atom. The molecule has 0 radical (unpaired) electrons. The molecule has 0 spiro atoms. The van der Waals surface area contributed by atoms with Crippen molar-refractivity contribution in [2.45, 2.75) is 31.3 Å². The normalized spacial score (nSPS) is 24.1. The summed E-state index contributed by atoms with van der Waals surface area (Å²) in [4.78, 5) is 22.9.